The first-order valence-electron chi connectivity index (χ1n) is 4.79. The molecule has 0 saturated heterocycles. The van der Waals surface area contributed by atoms with Gasteiger partial charge in [-0.15, -0.1) is 11.8 Å². The molecule has 0 saturated carbocycles. The summed E-state index contributed by atoms with van der Waals surface area (Å²) in [7, 11) is 0. The third-order valence-electron chi connectivity index (χ3n) is 2.27. The Morgan fingerprint density at radius 3 is 2.89 bits per heavy atom. The number of nitro groups is 1. The molecule has 2 N–H and O–H groups in total. The fraction of sp³-hybridized carbons (Fsp3) is 0.100. The Morgan fingerprint density at radius 1 is 1.56 bits per heavy atom. The molecule has 0 atom stereocenters. The van der Waals surface area contributed by atoms with E-state index in [-0.39, 0.29) is 11.4 Å². The van der Waals surface area contributed by atoms with Gasteiger partial charge in [-0.1, -0.05) is 11.6 Å². The topological polar surface area (TPSA) is 92.5 Å². The van der Waals surface area contributed by atoms with Crippen molar-refractivity contribution in [2.24, 2.45) is 0 Å². The Hall–Kier alpha value is -1.73. The highest BCUT2D eigenvalue weighted by molar-refractivity contribution is 7.99. The Bertz CT molecular complexity index is 557. The molecule has 94 valence electrons. The second kappa shape index (κ2) is 4.87. The normalized spacial score (nSPS) is 16.5. The first kappa shape index (κ1) is 12.7. The second-order valence-electron chi connectivity index (χ2n) is 3.44. The molecule has 1 aliphatic heterocycles. The van der Waals surface area contributed by atoms with Crippen LogP contribution in [0.2, 0.25) is 5.02 Å². The summed E-state index contributed by atoms with van der Waals surface area (Å²) in [4.78, 5) is 21.5. The summed E-state index contributed by atoms with van der Waals surface area (Å²) >= 11 is 7.14. The van der Waals surface area contributed by atoms with Crippen molar-refractivity contribution in [1.29, 1.82) is 0 Å². The first-order chi connectivity index (χ1) is 8.49. The third-order valence-corrected chi connectivity index (χ3v) is 3.61. The molecule has 0 aliphatic carbocycles. The van der Waals surface area contributed by atoms with Gasteiger partial charge < -0.3 is 10.4 Å². The quantitative estimate of drug-likeness (QED) is 0.493. The maximum Gasteiger partial charge on any atom is 0.409 e. The Kier molecular flexibility index (Phi) is 3.44. The smallest absolute Gasteiger partial charge is 0.409 e. The van der Waals surface area contributed by atoms with E-state index < -0.39 is 16.6 Å². The summed E-state index contributed by atoms with van der Waals surface area (Å²) in [5.41, 5.74) is -0.199. The third kappa shape index (κ3) is 2.41. The van der Waals surface area contributed by atoms with Gasteiger partial charge in [0, 0.05) is 15.7 Å². The highest BCUT2D eigenvalue weighted by Gasteiger charge is 2.29. The summed E-state index contributed by atoms with van der Waals surface area (Å²) in [6, 6.07) is 5.08. The van der Waals surface area contributed by atoms with E-state index in [1.54, 1.807) is 18.2 Å². The van der Waals surface area contributed by atoms with Gasteiger partial charge in [0.25, 0.3) is 0 Å². The molecule has 1 aromatic rings. The average molecular weight is 287 g/mol. The first-order valence-corrected chi connectivity index (χ1v) is 6.15. The lowest BCUT2D eigenvalue weighted by molar-refractivity contribution is -0.422. The van der Waals surface area contributed by atoms with Gasteiger partial charge in [-0.05, 0) is 18.2 Å². The number of hydrogen-bond donors (Lipinski definition) is 2. The molecular formula is C10H7ClN2O4S. The van der Waals surface area contributed by atoms with Crippen LogP contribution in [0.25, 0.3) is 0 Å². The number of hydrogen-bond acceptors (Lipinski definition) is 5. The SMILES string of the molecule is O=C(O)C(=C1CSc2ccc(Cl)cc2N1)[N+](=O)[O-]. The van der Waals surface area contributed by atoms with Crippen molar-refractivity contribution in [2.75, 3.05) is 11.1 Å². The molecule has 0 spiro atoms. The highest BCUT2D eigenvalue weighted by atomic mass is 35.5. The predicted octanol–water partition coefficient (Wildman–Crippen LogP) is 2.43. The van der Waals surface area contributed by atoms with Gasteiger partial charge in [0.1, 0.15) is 5.70 Å². The van der Waals surface area contributed by atoms with Crippen molar-refractivity contribution in [1.82, 2.24) is 0 Å². The van der Waals surface area contributed by atoms with Crippen LogP contribution >= 0.6 is 23.4 Å². The summed E-state index contributed by atoms with van der Waals surface area (Å²) in [6.45, 7) is 0. The molecule has 0 bridgehead atoms. The number of carbonyl (C=O) groups is 1. The molecular weight excluding hydrogens is 280 g/mol. The van der Waals surface area contributed by atoms with Crippen LogP contribution in [-0.2, 0) is 4.79 Å². The summed E-state index contributed by atoms with van der Waals surface area (Å²) in [5, 5.41) is 22.8. The van der Waals surface area contributed by atoms with Gasteiger partial charge in [0.15, 0.2) is 0 Å². The number of halogens is 1. The molecule has 2 rings (SSSR count). The number of carboxylic acids is 1. The molecule has 0 fully saturated rings. The van der Waals surface area contributed by atoms with Gasteiger partial charge in [0.2, 0.25) is 0 Å². The van der Waals surface area contributed by atoms with Crippen LogP contribution in [-0.4, -0.2) is 21.8 Å². The van der Waals surface area contributed by atoms with E-state index in [1.807, 2.05) is 0 Å². The van der Waals surface area contributed by atoms with Gasteiger partial charge in [-0.3, -0.25) is 10.1 Å². The molecule has 0 unspecified atom stereocenters. The summed E-state index contributed by atoms with van der Waals surface area (Å²) in [6.07, 6.45) is 0. The van der Waals surface area contributed by atoms with Gasteiger partial charge in [-0.25, -0.2) is 4.79 Å². The van der Waals surface area contributed by atoms with Crippen molar-refractivity contribution >= 4 is 35.0 Å². The fourth-order valence-corrected chi connectivity index (χ4v) is 2.63. The van der Waals surface area contributed by atoms with E-state index >= 15 is 0 Å². The number of aliphatic carboxylic acids is 1. The van der Waals surface area contributed by atoms with E-state index in [4.69, 9.17) is 16.7 Å². The van der Waals surface area contributed by atoms with Crippen molar-refractivity contribution in [3.05, 3.63) is 44.7 Å². The lowest BCUT2D eigenvalue weighted by Crippen LogP contribution is -2.20. The van der Waals surface area contributed by atoms with E-state index in [0.29, 0.717) is 10.7 Å². The van der Waals surface area contributed by atoms with Gasteiger partial charge in [-0.2, -0.15) is 0 Å². The largest absolute Gasteiger partial charge is 0.473 e. The molecule has 0 amide bonds. The van der Waals surface area contributed by atoms with Crippen molar-refractivity contribution in [3.8, 4) is 0 Å². The van der Waals surface area contributed by atoms with E-state index in [9.17, 15) is 14.9 Å². The monoisotopic (exact) mass is 286 g/mol. The van der Waals surface area contributed by atoms with E-state index in [1.165, 1.54) is 11.8 Å². The number of benzene rings is 1. The number of carboxylic acid groups (broad SMARTS) is 1. The van der Waals surface area contributed by atoms with Crippen LogP contribution in [0.5, 0.6) is 0 Å². The number of thioether (sulfide) groups is 1. The van der Waals surface area contributed by atoms with Crippen LogP contribution in [0, 0.1) is 10.1 Å². The average Bonchev–Trinajstić information content (AvgIpc) is 2.27. The highest BCUT2D eigenvalue weighted by Crippen LogP contribution is 2.36. The molecule has 0 aromatic heterocycles. The van der Waals surface area contributed by atoms with Crippen LogP contribution in [0.1, 0.15) is 0 Å². The minimum atomic E-state index is -1.56. The minimum absolute atomic E-state index is 0.0623. The zero-order valence-corrected chi connectivity index (χ0v) is 10.4. The van der Waals surface area contributed by atoms with Crippen LogP contribution in [0.4, 0.5) is 5.69 Å². The Morgan fingerprint density at radius 2 is 2.28 bits per heavy atom. The van der Waals surface area contributed by atoms with Crippen molar-refractivity contribution in [2.45, 2.75) is 4.90 Å². The standard InChI is InChI=1S/C10H7ClN2O4S/c11-5-1-2-8-6(3-5)12-7(4-18-8)9(10(14)15)13(16)17/h1-3,12H,4H2,(H,14,15). The maximum absolute atomic E-state index is 10.8. The Labute approximate surface area is 111 Å². The fourth-order valence-electron chi connectivity index (χ4n) is 1.52. The molecule has 6 nitrogen and oxygen atoms in total. The molecule has 8 heteroatoms. The maximum atomic E-state index is 10.8. The molecule has 18 heavy (non-hydrogen) atoms. The second-order valence-corrected chi connectivity index (χ2v) is 4.90. The predicted molar refractivity (Wildman–Crippen MR) is 67.5 cm³/mol. The van der Waals surface area contributed by atoms with Gasteiger partial charge >= 0.3 is 11.7 Å². The molecule has 1 heterocycles. The number of fused-ring (bicyclic) bond motifs is 1. The molecule has 0 radical (unpaired) electrons. The van der Waals surface area contributed by atoms with E-state index in [2.05, 4.69) is 5.32 Å². The number of rotatable bonds is 2. The lowest BCUT2D eigenvalue weighted by Gasteiger charge is -2.19. The summed E-state index contributed by atoms with van der Waals surface area (Å²) < 4.78 is 0. The van der Waals surface area contributed by atoms with Crippen LogP contribution < -0.4 is 5.32 Å². The van der Waals surface area contributed by atoms with Crippen LogP contribution in [0.3, 0.4) is 0 Å². The van der Waals surface area contributed by atoms with Crippen molar-refractivity contribution < 1.29 is 14.8 Å². The summed E-state index contributed by atoms with van der Waals surface area (Å²) in [5.74, 6) is -1.36. The number of nitrogens with one attached hydrogen (secondary N) is 1. The van der Waals surface area contributed by atoms with E-state index in [0.717, 1.165) is 4.90 Å². The zero-order chi connectivity index (χ0) is 13.3. The minimum Gasteiger partial charge on any atom is -0.473 e. The molecule has 1 aliphatic rings. The van der Waals surface area contributed by atoms with Crippen LogP contribution in [0.15, 0.2) is 34.5 Å². The number of anilines is 1. The van der Waals surface area contributed by atoms with Gasteiger partial charge in [0.05, 0.1) is 10.6 Å². The Balaban J connectivity index is 2.44. The number of nitrogens with zero attached hydrogens (tertiary/aromatic N) is 1. The lowest BCUT2D eigenvalue weighted by atomic mass is 10.2. The van der Waals surface area contributed by atoms with Crippen molar-refractivity contribution in [3.63, 3.8) is 0 Å². The zero-order valence-electron chi connectivity index (χ0n) is 8.84. The molecule has 1 aromatic carbocycles.